The number of fused-ring (bicyclic) bond motifs is 1. The van der Waals surface area contributed by atoms with Crippen molar-refractivity contribution < 1.29 is 4.79 Å². The number of thiazole rings is 1. The Morgan fingerprint density at radius 1 is 1.24 bits per heavy atom. The van der Waals surface area contributed by atoms with Gasteiger partial charge in [0.05, 0.1) is 5.69 Å². The quantitative estimate of drug-likeness (QED) is 0.868. The lowest BCUT2D eigenvalue weighted by atomic mass is 9.49. The van der Waals surface area contributed by atoms with Gasteiger partial charge in [-0.05, 0) is 68.7 Å². The number of amides is 2. The molecule has 0 atom stereocenters. The number of urea groups is 1. The highest BCUT2D eigenvalue weighted by atomic mass is 32.1. The average Bonchev–Trinajstić information content (AvgIpc) is 2.93. The first-order chi connectivity index (χ1) is 12.1. The molecule has 1 aliphatic heterocycles. The third-order valence-corrected chi connectivity index (χ3v) is 7.93. The minimum atomic E-state index is -0.0739. The molecule has 25 heavy (non-hydrogen) atoms. The van der Waals surface area contributed by atoms with Gasteiger partial charge in [-0.1, -0.05) is 0 Å². The van der Waals surface area contributed by atoms with Crippen molar-refractivity contribution >= 4 is 22.5 Å². The standard InChI is InChI=1S/C19H28N4OS/c1-23-3-2-15-16(10-23)25-18(21-15)22-17(24)20-11-19-7-12-4-13(8-19)6-14(5-12)9-19/h12-14H,2-11H2,1H3,(H2,20,21,22,24). The third kappa shape index (κ3) is 3.08. The van der Waals surface area contributed by atoms with Crippen molar-refractivity contribution in [3.63, 3.8) is 0 Å². The van der Waals surface area contributed by atoms with Gasteiger partial charge in [-0.25, -0.2) is 9.78 Å². The average molecular weight is 361 g/mol. The lowest BCUT2D eigenvalue weighted by Crippen LogP contribution is -2.51. The monoisotopic (exact) mass is 360 g/mol. The maximum absolute atomic E-state index is 12.4. The molecule has 6 rings (SSSR count). The fourth-order valence-corrected chi connectivity index (χ4v) is 7.38. The van der Waals surface area contributed by atoms with E-state index in [1.807, 2.05) is 0 Å². The number of carbonyl (C=O) groups is 1. The topological polar surface area (TPSA) is 57.3 Å². The van der Waals surface area contributed by atoms with Crippen molar-refractivity contribution in [3.8, 4) is 0 Å². The molecule has 0 spiro atoms. The minimum Gasteiger partial charge on any atom is -0.337 e. The molecule has 1 aromatic rings. The molecule has 4 saturated carbocycles. The maximum atomic E-state index is 12.4. The summed E-state index contributed by atoms with van der Waals surface area (Å²) in [4.78, 5) is 20.6. The van der Waals surface area contributed by atoms with Gasteiger partial charge in [-0.3, -0.25) is 5.32 Å². The summed E-state index contributed by atoms with van der Waals surface area (Å²) in [6, 6.07) is -0.0739. The van der Waals surface area contributed by atoms with Crippen LogP contribution >= 0.6 is 11.3 Å². The maximum Gasteiger partial charge on any atom is 0.321 e. The van der Waals surface area contributed by atoms with E-state index in [-0.39, 0.29) is 6.03 Å². The lowest BCUT2D eigenvalue weighted by Gasteiger charge is -2.56. The third-order valence-electron chi connectivity index (χ3n) is 6.93. The Morgan fingerprint density at radius 3 is 2.60 bits per heavy atom. The first-order valence-electron chi connectivity index (χ1n) is 9.79. The fraction of sp³-hybridized carbons (Fsp3) is 0.789. The van der Waals surface area contributed by atoms with E-state index in [0.29, 0.717) is 5.41 Å². The van der Waals surface area contributed by atoms with Crippen molar-refractivity contribution in [2.75, 3.05) is 25.5 Å². The van der Waals surface area contributed by atoms with E-state index in [4.69, 9.17) is 0 Å². The smallest absolute Gasteiger partial charge is 0.321 e. The van der Waals surface area contributed by atoms with Gasteiger partial charge in [-0.15, -0.1) is 11.3 Å². The van der Waals surface area contributed by atoms with E-state index in [0.717, 1.165) is 48.9 Å². The molecule has 136 valence electrons. The van der Waals surface area contributed by atoms with E-state index in [9.17, 15) is 4.79 Å². The van der Waals surface area contributed by atoms with Crippen LogP contribution in [0.15, 0.2) is 0 Å². The van der Waals surface area contributed by atoms with Crippen molar-refractivity contribution in [2.24, 2.45) is 23.2 Å². The van der Waals surface area contributed by atoms with Crippen LogP contribution in [0, 0.1) is 23.2 Å². The summed E-state index contributed by atoms with van der Waals surface area (Å²) in [5.74, 6) is 2.79. The lowest BCUT2D eigenvalue weighted by molar-refractivity contribution is -0.0496. The normalized spacial score (nSPS) is 36.3. The molecule has 4 aliphatic carbocycles. The van der Waals surface area contributed by atoms with Crippen molar-refractivity contribution in [1.82, 2.24) is 15.2 Å². The Hall–Kier alpha value is -1.14. The minimum absolute atomic E-state index is 0.0739. The Kier molecular flexibility index (Phi) is 3.82. The molecule has 0 aromatic carbocycles. The second-order valence-corrected chi connectivity index (χ2v) is 10.2. The summed E-state index contributed by atoms with van der Waals surface area (Å²) in [5, 5.41) is 6.92. The zero-order valence-corrected chi connectivity index (χ0v) is 15.8. The molecule has 2 N–H and O–H groups in total. The van der Waals surface area contributed by atoms with Crippen LogP contribution in [0.3, 0.4) is 0 Å². The molecular formula is C19H28N4OS. The molecule has 4 fully saturated rings. The molecule has 1 aromatic heterocycles. The second kappa shape index (κ2) is 5.95. The van der Waals surface area contributed by atoms with Gasteiger partial charge in [0, 0.05) is 30.9 Å². The van der Waals surface area contributed by atoms with Crippen LogP contribution in [0.2, 0.25) is 0 Å². The molecule has 2 heterocycles. The number of hydrogen-bond donors (Lipinski definition) is 2. The predicted molar refractivity (Wildman–Crippen MR) is 99.8 cm³/mol. The van der Waals surface area contributed by atoms with Gasteiger partial charge < -0.3 is 10.2 Å². The van der Waals surface area contributed by atoms with E-state index in [2.05, 4.69) is 27.6 Å². The Balaban J connectivity index is 1.19. The summed E-state index contributed by atoms with van der Waals surface area (Å²) in [5.41, 5.74) is 1.55. The van der Waals surface area contributed by atoms with Gasteiger partial charge in [0.2, 0.25) is 0 Å². The summed E-state index contributed by atoms with van der Waals surface area (Å²) in [6.45, 7) is 2.84. The highest BCUT2D eigenvalue weighted by Gasteiger charge is 2.50. The zero-order valence-electron chi connectivity index (χ0n) is 15.0. The van der Waals surface area contributed by atoms with Crippen molar-refractivity contribution in [1.29, 1.82) is 0 Å². The summed E-state index contributed by atoms with van der Waals surface area (Å²) >= 11 is 1.63. The first-order valence-corrected chi connectivity index (χ1v) is 10.6. The number of likely N-dealkylation sites (N-methyl/N-ethyl adjacent to an activating group) is 1. The van der Waals surface area contributed by atoms with Crippen LogP contribution in [-0.4, -0.2) is 36.1 Å². The number of aromatic nitrogens is 1. The number of hydrogen-bond acceptors (Lipinski definition) is 4. The van der Waals surface area contributed by atoms with E-state index < -0.39 is 0 Å². The van der Waals surface area contributed by atoms with Gasteiger partial charge in [0.15, 0.2) is 5.13 Å². The molecular weight excluding hydrogens is 332 g/mol. The van der Waals surface area contributed by atoms with Crippen LogP contribution < -0.4 is 10.6 Å². The number of anilines is 1. The molecule has 0 saturated heterocycles. The Labute approximate surface area is 153 Å². The highest BCUT2D eigenvalue weighted by molar-refractivity contribution is 7.15. The Bertz CT molecular complexity index is 650. The molecule has 0 radical (unpaired) electrons. The zero-order chi connectivity index (χ0) is 17.0. The van der Waals surface area contributed by atoms with Crippen molar-refractivity contribution in [2.45, 2.75) is 51.5 Å². The molecule has 4 bridgehead atoms. The van der Waals surface area contributed by atoms with E-state index in [1.165, 1.54) is 49.1 Å². The SMILES string of the molecule is CN1CCc2nc(NC(=O)NCC34CC5CC(CC(C5)C3)C4)sc2C1. The van der Waals surface area contributed by atoms with Crippen LogP contribution in [-0.2, 0) is 13.0 Å². The van der Waals surface area contributed by atoms with Gasteiger partial charge in [0.25, 0.3) is 0 Å². The second-order valence-electron chi connectivity index (χ2n) is 9.10. The number of nitrogens with zero attached hydrogens (tertiary/aromatic N) is 2. The van der Waals surface area contributed by atoms with Gasteiger partial charge >= 0.3 is 6.03 Å². The van der Waals surface area contributed by atoms with Gasteiger partial charge in [-0.2, -0.15) is 0 Å². The van der Waals surface area contributed by atoms with Gasteiger partial charge in [0.1, 0.15) is 0 Å². The van der Waals surface area contributed by atoms with Crippen LogP contribution in [0.4, 0.5) is 9.93 Å². The first kappa shape index (κ1) is 16.1. The fourth-order valence-electron chi connectivity index (χ4n) is 6.29. The summed E-state index contributed by atoms with van der Waals surface area (Å²) < 4.78 is 0. The number of carbonyl (C=O) groups excluding carboxylic acids is 1. The largest absolute Gasteiger partial charge is 0.337 e. The van der Waals surface area contributed by atoms with Crippen LogP contribution in [0.1, 0.15) is 49.1 Å². The van der Waals surface area contributed by atoms with Crippen LogP contribution in [0.5, 0.6) is 0 Å². The molecule has 2 amide bonds. The molecule has 6 heteroatoms. The van der Waals surface area contributed by atoms with Crippen LogP contribution in [0.25, 0.3) is 0 Å². The summed E-state index contributed by atoms with van der Waals surface area (Å²) in [7, 11) is 2.13. The predicted octanol–water partition coefficient (Wildman–Crippen LogP) is 3.47. The van der Waals surface area contributed by atoms with Crippen molar-refractivity contribution in [3.05, 3.63) is 10.6 Å². The number of rotatable bonds is 3. The van der Waals surface area contributed by atoms with E-state index in [1.54, 1.807) is 11.3 Å². The highest BCUT2D eigenvalue weighted by Crippen LogP contribution is 2.59. The molecule has 0 unspecified atom stereocenters. The number of nitrogens with one attached hydrogen (secondary N) is 2. The van der Waals surface area contributed by atoms with E-state index >= 15 is 0 Å². The molecule has 5 nitrogen and oxygen atoms in total. The molecule has 5 aliphatic rings. The summed E-state index contributed by atoms with van der Waals surface area (Å²) in [6.07, 6.45) is 9.32. The Morgan fingerprint density at radius 2 is 1.92 bits per heavy atom.